The molecule has 9 heteroatoms. The fourth-order valence-corrected chi connectivity index (χ4v) is 2.50. The van der Waals surface area contributed by atoms with Crippen molar-refractivity contribution in [2.75, 3.05) is 13.7 Å². The van der Waals surface area contributed by atoms with E-state index in [2.05, 4.69) is 10.5 Å². The van der Waals surface area contributed by atoms with Crippen molar-refractivity contribution in [2.24, 2.45) is 5.10 Å². The smallest absolute Gasteiger partial charge is 0.273 e. The van der Waals surface area contributed by atoms with Crippen molar-refractivity contribution in [3.63, 3.8) is 0 Å². The van der Waals surface area contributed by atoms with E-state index in [0.717, 1.165) is 0 Å². The molecule has 1 amide bonds. The van der Waals surface area contributed by atoms with Gasteiger partial charge in [0.25, 0.3) is 5.69 Å². The van der Waals surface area contributed by atoms with Crippen molar-refractivity contribution in [1.82, 2.24) is 5.43 Å². The molecule has 0 bridgehead atoms. The lowest BCUT2D eigenvalue weighted by molar-refractivity contribution is -0.385. The highest BCUT2D eigenvalue weighted by Gasteiger charge is 2.15. The van der Waals surface area contributed by atoms with Gasteiger partial charge in [0.05, 0.1) is 36.3 Å². The van der Waals surface area contributed by atoms with Crippen LogP contribution < -0.4 is 14.9 Å². The molecule has 2 rings (SSSR count). The SMILES string of the molecule is CCOc1cc(C=NNC(=O)Cc2ccccc2[N+](=O)[O-])c(Cl)cc1OC. The molecule has 0 aliphatic heterocycles. The second-order valence-corrected chi connectivity index (χ2v) is 5.72. The van der Waals surface area contributed by atoms with Crippen LogP contribution in [0.4, 0.5) is 5.69 Å². The lowest BCUT2D eigenvalue weighted by atomic mass is 10.1. The maximum absolute atomic E-state index is 12.0. The minimum Gasteiger partial charge on any atom is -0.493 e. The number of benzene rings is 2. The van der Waals surface area contributed by atoms with Gasteiger partial charge in [-0.15, -0.1) is 0 Å². The third-order valence-corrected chi connectivity index (χ3v) is 3.84. The van der Waals surface area contributed by atoms with Gasteiger partial charge in [-0.1, -0.05) is 29.8 Å². The van der Waals surface area contributed by atoms with E-state index in [1.54, 1.807) is 24.3 Å². The zero-order valence-electron chi connectivity index (χ0n) is 14.8. The van der Waals surface area contributed by atoms with E-state index in [0.29, 0.717) is 34.3 Å². The number of nitro benzene ring substituents is 1. The second-order valence-electron chi connectivity index (χ2n) is 5.31. The molecular formula is C18H18ClN3O5. The van der Waals surface area contributed by atoms with Crippen molar-refractivity contribution in [3.8, 4) is 11.5 Å². The normalized spacial score (nSPS) is 10.6. The number of hydrogen-bond acceptors (Lipinski definition) is 6. The van der Waals surface area contributed by atoms with E-state index in [1.165, 1.54) is 25.5 Å². The zero-order chi connectivity index (χ0) is 19.8. The van der Waals surface area contributed by atoms with E-state index in [4.69, 9.17) is 21.1 Å². The first-order valence-corrected chi connectivity index (χ1v) is 8.38. The first kappa shape index (κ1) is 20.2. The van der Waals surface area contributed by atoms with Crippen LogP contribution in [0, 0.1) is 10.1 Å². The van der Waals surface area contributed by atoms with Gasteiger partial charge in [-0.2, -0.15) is 5.10 Å². The molecule has 2 aromatic carbocycles. The van der Waals surface area contributed by atoms with Crippen molar-refractivity contribution in [1.29, 1.82) is 0 Å². The number of nitrogens with zero attached hydrogens (tertiary/aromatic N) is 2. The van der Waals surface area contributed by atoms with Crippen LogP contribution in [0.25, 0.3) is 0 Å². The number of methoxy groups -OCH3 is 1. The topological polar surface area (TPSA) is 103 Å². The van der Waals surface area contributed by atoms with E-state index in [-0.39, 0.29) is 12.1 Å². The maximum Gasteiger partial charge on any atom is 0.273 e. The highest BCUT2D eigenvalue weighted by atomic mass is 35.5. The van der Waals surface area contributed by atoms with Crippen molar-refractivity contribution in [2.45, 2.75) is 13.3 Å². The van der Waals surface area contributed by atoms with Gasteiger partial charge in [0.2, 0.25) is 5.91 Å². The minimum atomic E-state index is -0.529. The largest absolute Gasteiger partial charge is 0.493 e. The Balaban J connectivity index is 2.08. The number of hydrogen-bond donors (Lipinski definition) is 1. The molecule has 0 aliphatic carbocycles. The standard InChI is InChI=1S/C18H18ClN3O5/c1-3-27-17-8-13(14(19)10-16(17)26-2)11-20-21-18(23)9-12-6-4-5-7-15(12)22(24)25/h4-8,10-11H,3,9H2,1-2H3,(H,21,23). The van der Waals surface area contributed by atoms with Crippen LogP contribution in [-0.2, 0) is 11.2 Å². The molecule has 0 aromatic heterocycles. The van der Waals surface area contributed by atoms with Gasteiger partial charge in [0.1, 0.15) is 0 Å². The van der Waals surface area contributed by atoms with Gasteiger partial charge < -0.3 is 9.47 Å². The first-order chi connectivity index (χ1) is 13.0. The first-order valence-electron chi connectivity index (χ1n) is 8.00. The van der Waals surface area contributed by atoms with Crippen molar-refractivity contribution < 1.29 is 19.2 Å². The Morgan fingerprint density at radius 3 is 2.74 bits per heavy atom. The number of para-hydroxylation sites is 1. The van der Waals surface area contributed by atoms with E-state index >= 15 is 0 Å². The Hall–Kier alpha value is -3.13. The summed E-state index contributed by atoms with van der Waals surface area (Å²) in [5.41, 5.74) is 3.04. The van der Waals surface area contributed by atoms with Crippen LogP contribution in [0.2, 0.25) is 5.02 Å². The molecule has 0 unspecified atom stereocenters. The number of halogens is 1. The van der Waals surface area contributed by atoms with Crippen LogP contribution in [-0.4, -0.2) is 30.8 Å². The van der Waals surface area contributed by atoms with Gasteiger partial charge >= 0.3 is 0 Å². The number of amides is 1. The number of carbonyl (C=O) groups excluding carboxylic acids is 1. The van der Waals surface area contributed by atoms with Gasteiger partial charge in [0, 0.05) is 23.3 Å². The molecule has 2 aromatic rings. The molecule has 0 heterocycles. The molecule has 0 spiro atoms. The fourth-order valence-electron chi connectivity index (χ4n) is 2.30. The molecule has 0 saturated heterocycles. The molecule has 0 radical (unpaired) electrons. The lowest BCUT2D eigenvalue weighted by Gasteiger charge is -2.11. The molecule has 1 N–H and O–H groups in total. The van der Waals surface area contributed by atoms with Crippen LogP contribution in [0.3, 0.4) is 0 Å². The molecule has 8 nitrogen and oxygen atoms in total. The van der Waals surface area contributed by atoms with Crippen molar-refractivity contribution in [3.05, 3.63) is 62.7 Å². The number of carbonyl (C=O) groups is 1. The highest BCUT2D eigenvalue weighted by Crippen LogP contribution is 2.32. The van der Waals surface area contributed by atoms with Crippen molar-refractivity contribution >= 4 is 29.4 Å². The summed E-state index contributed by atoms with van der Waals surface area (Å²) in [7, 11) is 1.50. The summed E-state index contributed by atoms with van der Waals surface area (Å²) >= 11 is 6.17. The quantitative estimate of drug-likeness (QED) is 0.422. The molecule has 0 fully saturated rings. The van der Waals surface area contributed by atoms with Gasteiger partial charge in [-0.25, -0.2) is 5.43 Å². The Morgan fingerprint density at radius 2 is 2.07 bits per heavy atom. The third-order valence-electron chi connectivity index (χ3n) is 3.51. The summed E-state index contributed by atoms with van der Waals surface area (Å²) in [4.78, 5) is 22.5. The fraction of sp³-hybridized carbons (Fsp3) is 0.222. The summed E-state index contributed by atoms with van der Waals surface area (Å²) in [6.07, 6.45) is 1.19. The monoisotopic (exact) mass is 391 g/mol. The molecule has 0 aliphatic rings. The molecule has 0 atom stereocenters. The number of ether oxygens (including phenoxy) is 2. The Bertz CT molecular complexity index is 870. The number of nitro groups is 1. The van der Waals surface area contributed by atoms with Crippen LogP contribution in [0.15, 0.2) is 41.5 Å². The minimum absolute atomic E-state index is 0.115. The maximum atomic E-state index is 12.0. The van der Waals surface area contributed by atoms with E-state index in [9.17, 15) is 14.9 Å². The number of nitrogens with one attached hydrogen (secondary N) is 1. The zero-order valence-corrected chi connectivity index (χ0v) is 15.5. The summed E-state index contributed by atoms with van der Waals surface area (Å²) in [6, 6.07) is 9.27. The van der Waals surface area contributed by atoms with Gasteiger partial charge in [-0.3, -0.25) is 14.9 Å². The Labute approximate surface area is 160 Å². The third kappa shape index (κ3) is 5.42. The highest BCUT2D eigenvalue weighted by molar-refractivity contribution is 6.33. The van der Waals surface area contributed by atoms with Crippen LogP contribution >= 0.6 is 11.6 Å². The number of hydrazone groups is 1. The van der Waals surface area contributed by atoms with E-state index in [1.807, 2.05) is 6.92 Å². The van der Waals surface area contributed by atoms with Gasteiger partial charge in [-0.05, 0) is 13.0 Å². The lowest BCUT2D eigenvalue weighted by Crippen LogP contribution is -2.20. The summed E-state index contributed by atoms with van der Waals surface area (Å²) in [5.74, 6) is 0.492. The Morgan fingerprint density at radius 1 is 1.33 bits per heavy atom. The number of rotatable bonds is 8. The summed E-state index contributed by atoms with van der Waals surface area (Å²) in [5, 5.41) is 15.2. The predicted molar refractivity (Wildman–Crippen MR) is 102 cm³/mol. The predicted octanol–water partition coefficient (Wildman–Crippen LogP) is 3.35. The average Bonchev–Trinajstić information content (AvgIpc) is 2.64. The molecule has 142 valence electrons. The summed E-state index contributed by atoms with van der Waals surface area (Å²) < 4.78 is 10.7. The summed E-state index contributed by atoms with van der Waals surface area (Å²) in [6.45, 7) is 2.28. The average molecular weight is 392 g/mol. The molecule has 0 saturated carbocycles. The Kier molecular flexibility index (Phi) is 7.13. The molecule has 27 heavy (non-hydrogen) atoms. The molecular weight excluding hydrogens is 374 g/mol. The van der Waals surface area contributed by atoms with Gasteiger partial charge in [0.15, 0.2) is 11.5 Å². The van der Waals surface area contributed by atoms with Crippen LogP contribution in [0.1, 0.15) is 18.1 Å². The van der Waals surface area contributed by atoms with E-state index < -0.39 is 10.8 Å². The second kappa shape index (κ2) is 9.54. The van der Waals surface area contributed by atoms with Crippen LogP contribution in [0.5, 0.6) is 11.5 Å².